The molecule has 6 heteroatoms. The van der Waals surface area contributed by atoms with Crippen LogP contribution in [-0.4, -0.2) is 51.6 Å². The van der Waals surface area contributed by atoms with E-state index < -0.39 is 0 Å². The second-order valence-electron chi connectivity index (χ2n) is 4.69. The monoisotopic (exact) mass is 269 g/mol. The van der Waals surface area contributed by atoms with Crippen molar-refractivity contribution in [2.24, 2.45) is 7.05 Å². The number of aryl methyl sites for hydroxylation is 1. The second-order valence-corrected chi connectivity index (χ2v) is 5.74. The van der Waals surface area contributed by atoms with Crippen LogP contribution < -0.4 is 0 Å². The van der Waals surface area contributed by atoms with Crippen LogP contribution in [0.25, 0.3) is 0 Å². The van der Waals surface area contributed by atoms with Gasteiger partial charge in [0.2, 0.25) is 5.91 Å². The minimum Gasteiger partial charge on any atom is -0.372 e. The molecule has 2 atom stereocenters. The highest BCUT2D eigenvalue weighted by Gasteiger charge is 2.25. The molecule has 2 heterocycles. The lowest BCUT2D eigenvalue weighted by molar-refractivity contribution is -0.140. The molecule has 0 radical (unpaired) electrons. The minimum absolute atomic E-state index is 0.126. The summed E-state index contributed by atoms with van der Waals surface area (Å²) in [6.45, 7) is 5.39. The van der Waals surface area contributed by atoms with Crippen molar-refractivity contribution >= 4 is 17.7 Å². The zero-order valence-electron chi connectivity index (χ0n) is 11.0. The van der Waals surface area contributed by atoms with Crippen LogP contribution in [-0.2, 0) is 16.6 Å². The van der Waals surface area contributed by atoms with Gasteiger partial charge in [-0.15, -0.1) is 11.8 Å². The Morgan fingerprint density at radius 3 is 2.72 bits per heavy atom. The van der Waals surface area contributed by atoms with Crippen LogP contribution in [0.4, 0.5) is 0 Å². The summed E-state index contributed by atoms with van der Waals surface area (Å²) < 4.78 is 7.36. The zero-order valence-corrected chi connectivity index (χ0v) is 11.8. The molecule has 0 aliphatic carbocycles. The van der Waals surface area contributed by atoms with Crippen molar-refractivity contribution in [3.8, 4) is 0 Å². The summed E-state index contributed by atoms with van der Waals surface area (Å²) in [5.74, 6) is 0.636. The Balaban J connectivity index is 1.84. The van der Waals surface area contributed by atoms with Gasteiger partial charge in [-0.05, 0) is 13.8 Å². The Labute approximate surface area is 111 Å². The quantitative estimate of drug-likeness (QED) is 0.772. The number of morpholine rings is 1. The van der Waals surface area contributed by atoms with Crippen molar-refractivity contribution in [1.29, 1.82) is 0 Å². The summed E-state index contributed by atoms with van der Waals surface area (Å²) in [6.07, 6.45) is 3.95. The molecular formula is C12H19N3O2S. The van der Waals surface area contributed by atoms with E-state index in [9.17, 15) is 4.79 Å². The van der Waals surface area contributed by atoms with E-state index in [0.717, 1.165) is 4.90 Å². The molecule has 100 valence electrons. The van der Waals surface area contributed by atoms with Gasteiger partial charge < -0.3 is 9.64 Å². The van der Waals surface area contributed by atoms with Gasteiger partial charge in [0.1, 0.15) is 0 Å². The molecular weight excluding hydrogens is 250 g/mol. The highest BCUT2D eigenvalue weighted by molar-refractivity contribution is 8.00. The molecule has 1 aromatic heterocycles. The average molecular weight is 269 g/mol. The topological polar surface area (TPSA) is 47.4 Å². The maximum atomic E-state index is 12.1. The molecule has 1 fully saturated rings. The number of carbonyl (C=O) groups excluding carboxylic acids is 1. The molecule has 0 aromatic carbocycles. The first-order valence-corrected chi connectivity index (χ1v) is 7.08. The summed E-state index contributed by atoms with van der Waals surface area (Å²) in [6, 6.07) is 0. The molecule has 1 aliphatic rings. The molecule has 1 aromatic rings. The normalized spacial score (nSPS) is 24.3. The molecule has 0 spiro atoms. The Bertz CT molecular complexity index is 411. The van der Waals surface area contributed by atoms with E-state index in [-0.39, 0.29) is 18.1 Å². The minimum atomic E-state index is 0.126. The lowest BCUT2D eigenvalue weighted by Crippen LogP contribution is -2.48. The van der Waals surface area contributed by atoms with Gasteiger partial charge in [0.05, 0.1) is 24.2 Å². The largest absolute Gasteiger partial charge is 0.372 e. The highest BCUT2D eigenvalue weighted by atomic mass is 32.2. The van der Waals surface area contributed by atoms with Gasteiger partial charge in [-0.3, -0.25) is 9.48 Å². The summed E-state index contributed by atoms with van der Waals surface area (Å²) in [4.78, 5) is 15.0. The third-order valence-corrected chi connectivity index (χ3v) is 3.75. The maximum absolute atomic E-state index is 12.1. The van der Waals surface area contributed by atoms with Crippen LogP contribution in [0.2, 0.25) is 0 Å². The summed E-state index contributed by atoms with van der Waals surface area (Å²) in [7, 11) is 1.87. The zero-order chi connectivity index (χ0) is 13.1. The molecule has 1 saturated heterocycles. The average Bonchev–Trinajstić information content (AvgIpc) is 2.70. The number of nitrogens with zero attached hydrogens (tertiary/aromatic N) is 3. The number of thioether (sulfide) groups is 1. The van der Waals surface area contributed by atoms with Crippen LogP contribution in [0.1, 0.15) is 13.8 Å². The molecule has 5 nitrogen and oxygen atoms in total. The second kappa shape index (κ2) is 5.75. The van der Waals surface area contributed by atoms with E-state index in [1.165, 1.54) is 11.8 Å². The summed E-state index contributed by atoms with van der Waals surface area (Å²) in [5.41, 5.74) is 0. The Kier molecular flexibility index (Phi) is 4.29. The van der Waals surface area contributed by atoms with Gasteiger partial charge in [-0.2, -0.15) is 5.10 Å². The Morgan fingerprint density at radius 1 is 1.50 bits per heavy atom. The van der Waals surface area contributed by atoms with Crippen molar-refractivity contribution < 1.29 is 9.53 Å². The number of hydrogen-bond acceptors (Lipinski definition) is 4. The number of rotatable bonds is 3. The number of aromatic nitrogens is 2. The fourth-order valence-corrected chi connectivity index (χ4v) is 2.91. The highest BCUT2D eigenvalue weighted by Crippen LogP contribution is 2.18. The van der Waals surface area contributed by atoms with E-state index in [1.807, 2.05) is 32.0 Å². The summed E-state index contributed by atoms with van der Waals surface area (Å²) >= 11 is 1.53. The van der Waals surface area contributed by atoms with Gasteiger partial charge in [0, 0.05) is 31.2 Å². The predicted molar refractivity (Wildman–Crippen MR) is 70.5 cm³/mol. The van der Waals surface area contributed by atoms with Crippen LogP contribution in [0.15, 0.2) is 17.3 Å². The van der Waals surface area contributed by atoms with Crippen LogP contribution in [0, 0.1) is 0 Å². The number of carbonyl (C=O) groups is 1. The molecule has 1 aliphatic heterocycles. The fourth-order valence-electron chi connectivity index (χ4n) is 2.09. The van der Waals surface area contributed by atoms with E-state index >= 15 is 0 Å². The molecule has 18 heavy (non-hydrogen) atoms. The van der Waals surface area contributed by atoms with Gasteiger partial charge in [0.25, 0.3) is 0 Å². The van der Waals surface area contributed by atoms with Crippen molar-refractivity contribution in [3.05, 3.63) is 12.4 Å². The lowest BCUT2D eigenvalue weighted by Gasteiger charge is -2.35. The van der Waals surface area contributed by atoms with Gasteiger partial charge in [-0.25, -0.2) is 0 Å². The van der Waals surface area contributed by atoms with Crippen molar-refractivity contribution in [2.75, 3.05) is 18.8 Å². The van der Waals surface area contributed by atoms with Crippen molar-refractivity contribution in [3.63, 3.8) is 0 Å². The third-order valence-electron chi connectivity index (χ3n) is 2.82. The van der Waals surface area contributed by atoms with Crippen molar-refractivity contribution in [1.82, 2.24) is 14.7 Å². The first-order valence-electron chi connectivity index (χ1n) is 6.09. The van der Waals surface area contributed by atoms with Crippen LogP contribution in [0.5, 0.6) is 0 Å². The predicted octanol–water partition coefficient (Wildman–Crippen LogP) is 1.15. The fraction of sp³-hybridized carbons (Fsp3) is 0.667. The number of amides is 1. The molecule has 0 saturated carbocycles. The molecule has 1 amide bonds. The molecule has 0 N–H and O–H groups in total. The first kappa shape index (κ1) is 13.4. The molecule has 2 rings (SSSR count). The van der Waals surface area contributed by atoms with E-state index in [0.29, 0.717) is 18.8 Å². The third kappa shape index (κ3) is 3.49. The SMILES string of the molecule is C[C@@H]1CN(C(=O)CSc2cnn(C)c2)C[C@@H](C)O1. The smallest absolute Gasteiger partial charge is 0.233 e. The molecule has 0 bridgehead atoms. The Morgan fingerprint density at radius 2 is 2.17 bits per heavy atom. The summed E-state index contributed by atoms with van der Waals surface area (Å²) in [5, 5.41) is 4.08. The van der Waals surface area contributed by atoms with Gasteiger partial charge in [-0.1, -0.05) is 0 Å². The van der Waals surface area contributed by atoms with Crippen LogP contribution in [0.3, 0.4) is 0 Å². The van der Waals surface area contributed by atoms with E-state index in [1.54, 1.807) is 10.9 Å². The maximum Gasteiger partial charge on any atom is 0.233 e. The first-order chi connectivity index (χ1) is 8.54. The van der Waals surface area contributed by atoms with E-state index in [2.05, 4.69) is 5.10 Å². The van der Waals surface area contributed by atoms with Gasteiger partial charge in [0.15, 0.2) is 0 Å². The van der Waals surface area contributed by atoms with Crippen molar-refractivity contribution in [2.45, 2.75) is 31.0 Å². The Hall–Kier alpha value is -1.01. The molecule has 0 unspecified atom stereocenters. The lowest BCUT2D eigenvalue weighted by atomic mass is 10.2. The van der Waals surface area contributed by atoms with Gasteiger partial charge >= 0.3 is 0 Å². The van der Waals surface area contributed by atoms with E-state index in [4.69, 9.17) is 4.74 Å². The standard InChI is InChI=1S/C12H19N3O2S/c1-9-5-15(6-10(2)17-9)12(16)8-18-11-4-13-14(3)7-11/h4,7,9-10H,5-6,8H2,1-3H3/t9-,10-/m1/s1. The van der Waals surface area contributed by atoms with Crippen LogP contribution >= 0.6 is 11.8 Å². The number of hydrogen-bond donors (Lipinski definition) is 0. The number of ether oxygens (including phenoxy) is 1.